The van der Waals surface area contributed by atoms with Crippen LogP contribution in [0.3, 0.4) is 0 Å². The zero-order chi connectivity index (χ0) is 13.8. The van der Waals surface area contributed by atoms with E-state index in [1.54, 1.807) is 16.2 Å². The highest BCUT2D eigenvalue weighted by Crippen LogP contribution is 2.29. The summed E-state index contributed by atoms with van der Waals surface area (Å²) in [4.78, 5) is 15.5. The molecule has 0 saturated carbocycles. The summed E-state index contributed by atoms with van der Waals surface area (Å²) in [5, 5.41) is 2.03. The van der Waals surface area contributed by atoms with E-state index in [1.165, 1.54) is 4.88 Å². The molecule has 0 bridgehead atoms. The number of rotatable bonds is 6. The van der Waals surface area contributed by atoms with Crippen LogP contribution in [0.5, 0.6) is 0 Å². The number of nitrogens with zero attached hydrogens (tertiary/aromatic N) is 1. The molecule has 1 aromatic rings. The number of amides is 1. The van der Waals surface area contributed by atoms with Crippen LogP contribution in [-0.4, -0.2) is 24.4 Å². The number of carbonyl (C=O) groups is 1. The second kappa shape index (κ2) is 6.68. The van der Waals surface area contributed by atoms with Crippen molar-refractivity contribution in [2.75, 3.05) is 13.6 Å². The molecule has 0 saturated heterocycles. The Labute approximate surface area is 121 Å². The topological polar surface area (TPSA) is 46.3 Å². The van der Waals surface area contributed by atoms with Crippen LogP contribution in [-0.2, 0) is 11.3 Å². The molecule has 1 heterocycles. The van der Waals surface area contributed by atoms with Gasteiger partial charge in [-0.05, 0) is 34.8 Å². The minimum atomic E-state index is -0.400. The molecule has 0 fully saturated rings. The predicted octanol–water partition coefficient (Wildman–Crippen LogP) is 3.23. The van der Waals surface area contributed by atoms with Crippen molar-refractivity contribution < 1.29 is 4.79 Å². The molecule has 1 aromatic heterocycles. The van der Waals surface area contributed by atoms with E-state index in [-0.39, 0.29) is 5.91 Å². The molecule has 18 heavy (non-hydrogen) atoms. The summed E-state index contributed by atoms with van der Waals surface area (Å²) in [7, 11) is 1.85. The van der Waals surface area contributed by atoms with Crippen LogP contribution in [0.25, 0.3) is 0 Å². The van der Waals surface area contributed by atoms with Gasteiger partial charge in [-0.25, -0.2) is 0 Å². The van der Waals surface area contributed by atoms with Gasteiger partial charge in [0.15, 0.2) is 0 Å². The van der Waals surface area contributed by atoms with Gasteiger partial charge in [0.2, 0.25) is 5.91 Å². The molecule has 0 aliphatic carbocycles. The van der Waals surface area contributed by atoms with E-state index in [0.717, 1.165) is 17.3 Å². The molecule has 0 unspecified atom stereocenters. The number of halogens is 1. The molecule has 0 spiro atoms. The lowest BCUT2D eigenvalue weighted by atomic mass is 9.81. The Kier molecular flexibility index (Phi) is 5.82. The number of hydrogen-bond acceptors (Lipinski definition) is 3. The summed E-state index contributed by atoms with van der Waals surface area (Å²) < 4.78 is 1.07. The zero-order valence-corrected chi connectivity index (χ0v) is 13.6. The minimum Gasteiger partial charge on any atom is -0.340 e. The van der Waals surface area contributed by atoms with Crippen LogP contribution in [0.1, 0.15) is 31.6 Å². The third kappa shape index (κ3) is 3.33. The van der Waals surface area contributed by atoms with Gasteiger partial charge < -0.3 is 10.6 Å². The highest BCUT2D eigenvalue weighted by atomic mass is 79.9. The Balaban J connectivity index is 2.76. The van der Waals surface area contributed by atoms with E-state index >= 15 is 0 Å². The Morgan fingerprint density at radius 1 is 1.50 bits per heavy atom. The first-order valence-electron chi connectivity index (χ1n) is 6.17. The Morgan fingerprint density at radius 2 is 2.11 bits per heavy atom. The normalized spacial score (nSPS) is 11.6. The fraction of sp³-hybridized carbons (Fsp3) is 0.615. The molecule has 0 radical (unpaired) electrons. The van der Waals surface area contributed by atoms with Gasteiger partial charge in [-0.15, -0.1) is 11.3 Å². The van der Waals surface area contributed by atoms with Crippen molar-refractivity contribution >= 4 is 33.2 Å². The minimum absolute atomic E-state index is 0.152. The molecule has 5 heteroatoms. The molecule has 0 atom stereocenters. The van der Waals surface area contributed by atoms with Gasteiger partial charge in [0.1, 0.15) is 0 Å². The second-order valence-corrected chi connectivity index (χ2v) is 6.50. The maximum absolute atomic E-state index is 12.5. The Morgan fingerprint density at radius 3 is 2.50 bits per heavy atom. The Bertz CT molecular complexity index is 393. The smallest absolute Gasteiger partial charge is 0.230 e. The van der Waals surface area contributed by atoms with Gasteiger partial charge in [-0.3, -0.25) is 4.79 Å². The van der Waals surface area contributed by atoms with Crippen LogP contribution in [0, 0.1) is 5.41 Å². The Hall–Kier alpha value is -0.390. The van der Waals surface area contributed by atoms with Crippen molar-refractivity contribution in [2.24, 2.45) is 11.1 Å². The number of thiophene rings is 1. The summed E-state index contributed by atoms with van der Waals surface area (Å²) in [5.41, 5.74) is 5.41. The number of carbonyl (C=O) groups excluding carboxylic acids is 1. The summed E-state index contributed by atoms with van der Waals surface area (Å²) >= 11 is 5.08. The van der Waals surface area contributed by atoms with E-state index < -0.39 is 5.41 Å². The zero-order valence-electron chi connectivity index (χ0n) is 11.2. The average Bonchev–Trinajstić information content (AvgIpc) is 2.77. The molecular weight excluding hydrogens is 312 g/mol. The third-order valence-electron chi connectivity index (χ3n) is 3.56. The molecular formula is C13H21BrN2OS. The van der Waals surface area contributed by atoms with Crippen LogP contribution in [0.4, 0.5) is 0 Å². The fourth-order valence-electron chi connectivity index (χ4n) is 2.08. The largest absolute Gasteiger partial charge is 0.340 e. The molecule has 0 aliphatic heterocycles. The number of hydrogen-bond donors (Lipinski definition) is 1. The van der Waals surface area contributed by atoms with E-state index in [9.17, 15) is 4.79 Å². The van der Waals surface area contributed by atoms with Crippen molar-refractivity contribution in [3.8, 4) is 0 Å². The van der Waals surface area contributed by atoms with E-state index in [4.69, 9.17) is 5.73 Å². The summed E-state index contributed by atoms with van der Waals surface area (Å²) in [6.07, 6.45) is 1.58. The molecule has 1 rings (SSSR count). The number of nitrogens with two attached hydrogens (primary N) is 1. The van der Waals surface area contributed by atoms with Crippen LogP contribution in [0.15, 0.2) is 15.9 Å². The van der Waals surface area contributed by atoms with E-state index in [0.29, 0.717) is 13.1 Å². The highest BCUT2D eigenvalue weighted by molar-refractivity contribution is 9.10. The van der Waals surface area contributed by atoms with Crippen molar-refractivity contribution in [1.82, 2.24) is 4.90 Å². The molecule has 0 aliphatic rings. The SMILES string of the molecule is CCC(CC)(CN)C(=O)N(C)Cc1cc(Br)cs1. The summed E-state index contributed by atoms with van der Waals surface area (Å²) in [5.74, 6) is 0.152. The summed E-state index contributed by atoms with van der Waals surface area (Å²) in [6, 6.07) is 2.05. The predicted molar refractivity (Wildman–Crippen MR) is 80.6 cm³/mol. The van der Waals surface area contributed by atoms with Gasteiger partial charge in [-0.1, -0.05) is 13.8 Å². The summed E-state index contributed by atoms with van der Waals surface area (Å²) in [6.45, 7) is 5.13. The van der Waals surface area contributed by atoms with Crippen molar-refractivity contribution in [3.05, 3.63) is 20.8 Å². The molecule has 3 nitrogen and oxygen atoms in total. The second-order valence-electron chi connectivity index (χ2n) is 4.58. The maximum Gasteiger partial charge on any atom is 0.230 e. The molecule has 1 amide bonds. The quantitative estimate of drug-likeness (QED) is 0.869. The first-order chi connectivity index (χ1) is 8.49. The fourth-order valence-corrected chi connectivity index (χ4v) is 3.58. The highest BCUT2D eigenvalue weighted by Gasteiger charge is 2.35. The lowest BCUT2D eigenvalue weighted by Gasteiger charge is -2.33. The van der Waals surface area contributed by atoms with Gasteiger partial charge in [-0.2, -0.15) is 0 Å². The first kappa shape index (κ1) is 15.7. The van der Waals surface area contributed by atoms with E-state index in [1.807, 2.05) is 26.3 Å². The molecule has 2 N–H and O–H groups in total. The van der Waals surface area contributed by atoms with Gasteiger partial charge in [0.25, 0.3) is 0 Å². The molecule has 102 valence electrons. The van der Waals surface area contributed by atoms with Crippen molar-refractivity contribution in [3.63, 3.8) is 0 Å². The monoisotopic (exact) mass is 332 g/mol. The maximum atomic E-state index is 12.5. The van der Waals surface area contributed by atoms with Crippen LogP contribution in [0.2, 0.25) is 0 Å². The van der Waals surface area contributed by atoms with Crippen LogP contribution < -0.4 is 5.73 Å². The lowest BCUT2D eigenvalue weighted by Crippen LogP contribution is -2.45. The lowest BCUT2D eigenvalue weighted by molar-refractivity contribution is -0.141. The van der Waals surface area contributed by atoms with Gasteiger partial charge >= 0.3 is 0 Å². The van der Waals surface area contributed by atoms with Gasteiger partial charge in [0, 0.05) is 28.3 Å². The first-order valence-corrected chi connectivity index (χ1v) is 7.85. The van der Waals surface area contributed by atoms with Crippen molar-refractivity contribution in [1.29, 1.82) is 0 Å². The standard InChI is InChI=1S/C13H21BrN2OS/c1-4-13(5-2,9-15)12(17)16(3)7-11-6-10(14)8-18-11/h6,8H,4-5,7,9,15H2,1-3H3. The van der Waals surface area contributed by atoms with E-state index in [2.05, 4.69) is 22.0 Å². The van der Waals surface area contributed by atoms with Crippen LogP contribution >= 0.6 is 27.3 Å². The van der Waals surface area contributed by atoms with Crippen molar-refractivity contribution in [2.45, 2.75) is 33.2 Å². The average molecular weight is 333 g/mol. The third-order valence-corrected chi connectivity index (χ3v) is 5.24. The molecule has 0 aromatic carbocycles. The van der Waals surface area contributed by atoms with Gasteiger partial charge in [0.05, 0.1) is 12.0 Å².